The summed E-state index contributed by atoms with van der Waals surface area (Å²) in [6, 6.07) is 14.3. The Balaban J connectivity index is 1.28. The maximum absolute atomic E-state index is 13.3. The Kier molecular flexibility index (Phi) is 6.53. The maximum Gasteiger partial charge on any atom is 0.258 e. The molecule has 1 fully saturated rings. The summed E-state index contributed by atoms with van der Waals surface area (Å²) in [5.74, 6) is 0.531. The molecule has 2 aliphatic heterocycles. The van der Waals surface area contributed by atoms with Crippen LogP contribution in [0.25, 0.3) is 11.7 Å². The molecule has 2 aromatic heterocycles. The molecule has 0 spiro atoms. The molecular formula is C25H27ClN4OS. The highest BCUT2D eigenvalue weighted by atomic mass is 35.5. The fourth-order valence-electron chi connectivity index (χ4n) is 4.69. The number of piperidine rings is 1. The summed E-state index contributed by atoms with van der Waals surface area (Å²) in [6.45, 7) is 2.04. The second-order valence-electron chi connectivity index (χ2n) is 8.54. The van der Waals surface area contributed by atoms with Crippen LogP contribution in [0.5, 0.6) is 0 Å². The molecular weight excluding hydrogens is 440 g/mol. The van der Waals surface area contributed by atoms with Crippen molar-refractivity contribution in [2.24, 2.45) is 5.92 Å². The number of hydrogen-bond acceptors (Lipinski definition) is 4. The van der Waals surface area contributed by atoms with E-state index in [0.717, 1.165) is 71.5 Å². The van der Waals surface area contributed by atoms with Crippen molar-refractivity contribution < 1.29 is 4.79 Å². The van der Waals surface area contributed by atoms with E-state index in [1.807, 2.05) is 42.6 Å². The molecule has 4 heterocycles. The molecule has 2 aliphatic rings. The highest BCUT2D eigenvalue weighted by Crippen LogP contribution is 2.34. The first-order chi connectivity index (χ1) is 15.7. The number of carbonyl (C=O) groups excluding carboxylic acids is 1. The van der Waals surface area contributed by atoms with Crippen LogP contribution in [0.4, 0.5) is 0 Å². The van der Waals surface area contributed by atoms with Crippen LogP contribution >= 0.6 is 23.4 Å². The first-order valence-electron chi connectivity index (χ1n) is 11.3. The van der Waals surface area contributed by atoms with Crippen LogP contribution < -0.4 is 10.6 Å². The number of carbonyl (C=O) groups is 1. The summed E-state index contributed by atoms with van der Waals surface area (Å²) in [5.41, 5.74) is 3.16. The summed E-state index contributed by atoms with van der Waals surface area (Å²) in [6.07, 6.45) is 9.00. The Bertz CT molecular complexity index is 1130. The summed E-state index contributed by atoms with van der Waals surface area (Å²) < 4.78 is 2.10. The van der Waals surface area contributed by atoms with Crippen LogP contribution in [0.2, 0.25) is 5.02 Å². The second kappa shape index (κ2) is 9.69. The third-order valence-electron chi connectivity index (χ3n) is 6.40. The average molecular weight is 467 g/mol. The van der Waals surface area contributed by atoms with Gasteiger partial charge in [0, 0.05) is 11.1 Å². The smallest absolute Gasteiger partial charge is 0.258 e. The summed E-state index contributed by atoms with van der Waals surface area (Å²) >= 11 is 7.53. The van der Waals surface area contributed by atoms with Gasteiger partial charge >= 0.3 is 0 Å². The maximum atomic E-state index is 13.3. The van der Waals surface area contributed by atoms with Crippen LogP contribution in [-0.4, -0.2) is 34.4 Å². The number of nitrogens with zero attached hydrogens (tertiary/aromatic N) is 2. The Morgan fingerprint density at radius 3 is 2.84 bits per heavy atom. The van der Waals surface area contributed by atoms with Crippen molar-refractivity contribution in [3.05, 3.63) is 69.8 Å². The summed E-state index contributed by atoms with van der Waals surface area (Å²) in [4.78, 5) is 18.5. The number of amides is 1. The van der Waals surface area contributed by atoms with Crippen molar-refractivity contribution in [3.63, 3.8) is 0 Å². The molecule has 1 unspecified atom stereocenters. The minimum atomic E-state index is 0.0227. The van der Waals surface area contributed by atoms with E-state index in [1.54, 1.807) is 0 Å². The molecule has 2 N–H and O–H groups in total. The van der Waals surface area contributed by atoms with Crippen LogP contribution in [0, 0.1) is 5.92 Å². The molecule has 1 aromatic carbocycles. The molecule has 0 saturated carbocycles. The van der Waals surface area contributed by atoms with Gasteiger partial charge in [-0.25, -0.2) is 4.98 Å². The number of aryl methyl sites for hydroxylation is 1. The van der Waals surface area contributed by atoms with Gasteiger partial charge in [-0.15, -0.1) is 0 Å². The average Bonchev–Trinajstić information content (AvgIpc) is 3.25. The SMILES string of the molecule is O=C(NC(CCCc1ccc(Cl)cc1)C1CCNCC1)C1=Cc2cnc3cccc(n23)S1. The molecule has 166 valence electrons. The topological polar surface area (TPSA) is 58.4 Å². The number of benzene rings is 1. The van der Waals surface area contributed by atoms with Crippen molar-refractivity contribution in [2.45, 2.75) is 43.2 Å². The van der Waals surface area contributed by atoms with Crippen LogP contribution in [0.15, 0.2) is 58.6 Å². The Hall–Kier alpha value is -2.28. The van der Waals surface area contributed by atoms with Crippen molar-refractivity contribution in [1.29, 1.82) is 0 Å². The summed E-state index contributed by atoms with van der Waals surface area (Å²) in [7, 11) is 0. The molecule has 0 bridgehead atoms. The third-order valence-corrected chi connectivity index (χ3v) is 7.70. The number of halogens is 1. The molecule has 3 aromatic rings. The number of nitrogens with one attached hydrogen (secondary N) is 2. The van der Waals surface area contributed by atoms with Gasteiger partial charge in [-0.1, -0.05) is 41.6 Å². The van der Waals surface area contributed by atoms with Gasteiger partial charge in [-0.05, 0) is 87.0 Å². The number of aromatic nitrogens is 2. The van der Waals surface area contributed by atoms with E-state index in [0.29, 0.717) is 5.92 Å². The molecule has 1 amide bonds. The molecule has 5 rings (SSSR count). The molecule has 0 radical (unpaired) electrons. The number of hydrogen-bond donors (Lipinski definition) is 2. The third kappa shape index (κ3) is 4.72. The Morgan fingerprint density at radius 2 is 2.03 bits per heavy atom. The van der Waals surface area contributed by atoms with E-state index < -0.39 is 0 Å². The van der Waals surface area contributed by atoms with Gasteiger partial charge in [0.05, 0.1) is 21.8 Å². The van der Waals surface area contributed by atoms with Crippen molar-refractivity contribution in [1.82, 2.24) is 20.0 Å². The van der Waals surface area contributed by atoms with Gasteiger partial charge in [0.2, 0.25) is 0 Å². The Labute approximate surface area is 197 Å². The monoisotopic (exact) mass is 466 g/mol. The molecule has 7 heteroatoms. The zero-order valence-electron chi connectivity index (χ0n) is 17.9. The quantitative estimate of drug-likeness (QED) is 0.517. The lowest BCUT2D eigenvalue weighted by molar-refractivity contribution is -0.117. The van der Waals surface area contributed by atoms with E-state index >= 15 is 0 Å². The lowest BCUT2D eigenvalue weighted by Gasteiger charge is -2.32. The zero-order valence-corrected chi connectivity index (χ0v) is 19.5. The van der Waals surface area contributed by atoms with Crippen molar-refractivity contribution in [3.8, 4) is 0 Å². The fourth-order valence-corrected chi connectivity index (χ4v) is 5.81. The van der Waals surface area contributed by atoms with Gasteiger partial charge in [-0.3, -0.25) is 9.20 Å². The predicted octanol–water partition coefficient (Wildman–Crippen LogP) is 4.94. The van der Waals surface area contributed by atoms with E-state index in [-0.39, 0.29) is 11.9 Å². The molecule has 0 aliphatic carbocycles. The highest BCUT2D eigenvalue weighted by molar-refractivity contribution is 8.04. The van der Waals surface area contributed by atoms with Crippen molar-refractivity contribution >= 4 is 41.0 Å². The standard InChI is InChI=1S/C25H27ClN4OS/c26-19-9-7-17(8-10-19)3-1-4-21(18-11-13-27-14-12-18)29-25(31)22-15-20-16-28-23-5-2-6-24(32-22)30(20)23/h2,5-10,15-16,18,21,27H,1,3-4,11-14H2,(H,29,31). The van der Waals surface area contributed by atoms with Crippen LogP contribution in [0.1, 0.15) is 36.9 Å². The minimum Gasteiger partial charge on any atom is -0.349 e. The summed E-state index contributed by atoms with van der Waals surface area (Å²) in [5, 5.41) is 8.64. The zero-order chi connectivity index (χ0) is 21.9. The fraction of sp³-hybridized carbons (Fsp3) is 0.360. The lowest BCUT2D eigenvalue weighted by Crippen LogP contribution is -2.44. The normalized spacial score (nSPS) is 17.2. The predicted molar refractivity (Wildman–Crippen MR) is 131 cm³/mol. The second-order valence-corrected chi connectivity index (χ2v) is 10.0. The van der Waals surface area contributed by atoms with E-state index in [4.69, 9.17) is 11.6 Å². The number of rotatable bonds is 7. The van der Waals surface area contributed by atoms with Gasteiger partial charge in [0.15, 0.2) is 0 Å². The van der Waals surface area contributed by atoms with Crippen LogP contribution in [0.3, 0.4) is 0 Å². The lowest BCUT2D eigenvalue weighted by atomic mass is 9.87. The molecule has 1 saturated heterocycles. The highest BCUT2D eigenvalue weighted by Gasteiger charge is 2.27. The molecule has 32 heavy (non-hydrogen) atoms. The first-order valence-corrected chi connectivity index (χ1v) is 12.5. The molecule has 1 atom stereocenters. The van der Waals surface area contributed by atoms with Gasteiger partial charge in [0.1, 0.15) is 5.65 Å². The van der Waals surface area contributed by atoms with E-state index in [2.05, 4.69) is 32.2 Å². The van der Waals surface area contributed by atoms with E-state index in [9.17, 15) is 4.79 Å². The minimum absolute atomic E-state index is 0.0227. The molecule has 5 nitrogen and oxygen atoms in total. The number of pyridine rings is 1. The van der Waals surface area contributed by atoms with Crippen LogP contribution in [-0.2, 0) is 11.2 Å². The van der Waals surface area contributed by atoms with Gasteiger partial charge < -0.3 is 10.6 Å². The number of imidazole rings is 1. The number of thioether (sulfide) groups is 1. The van der Waals surface area contributed by atoms with E-state index in [1.165, 1.54) is 17.3 Å². The van der Waals surface area contributed by atoms with Crippen molar-refractivity contribution in [2.75, 3.05) is 13.1 Å². The Morgan fingerprint density at radius 1 is 1.22 bits per heavy atom. The van der Waals surface area contributed by atoms with Gasteiger partial charge in [0.25, 0.3) is 5.91 Å². The largest absolute Gasteiger partial charge is 0.349 e. The first kappa shape index (κ1) is 21.6. The van der Waals surface area contributed by atoms with Gasteiger partial charge in [-0.2, -0.15) is 0 Å².